The summed E-state index contributed by atoms with van der Waals surface area (Å²) in [5, 5.41) is 20.9. The Kier molecular flexibility index (Phi) is 5.04. The summed E-state index contributed by atoms with van der Waals surface area (Å²) in [4.78, 5) is 26.4. The summed E-state index contributed by atoms with van der Waals surface area (Å²) in [7, 11) is 0. The summed E-state index contributed by atoms with van der Waals surface area (Å²) in [5.74, 6) is 0.0603. The number of allylic oxidation sites excluding steroid dienone is 2. The zero-order chi connectivity index (χ0) is 25.1. The van der Waals surface area contributed by atoms with Crippen LogP contribution in [-0.4, -0.2) is 28.1 Å². The number of carbonyl (C=O) groups excluding carboxylic acids is 1. The summed E-state index contributed by atoms with van der Waals surface area (Å²) in [6, 6.07) is 0. The molecule has 34 heavy (non-hydrogen) atoms. The van der Waals surface area contributed by atoms with Crippen LogP contribution in [0.2, 0.25) is 0 Å². The molecule has 0 aliphatic heterocycles. The molecule has 9 atom stereocenters. The van der Waals surface area contributed by atoms with E-state index in [1.165, 1.54) is 5.57 Å². The van der Waals surface area contributed by atoms with Gasteiger partial charge in [-0.3, -0.25) is 9.59 Å². The Labute approximate surface area is 206 Å². The fourth-order valence-electron chi connectivity index (χ4n) is 10.4. The molecule has 0 aromatic rings. The molecule has 0 bridgehead atoms. The average Bonchev–Trinajstić information content (AvgIpc) is 2.73. The first-order valence-corrected chi connectivity index (χ1v) is 13.7. The number of carbonyl (C=O) groups is 2. The minimum Gasteiger partial charge on any atom is -0.481 e. The van der Waals surface area contributed by atoms with E-state index in [1.54, 1.807) is 0 Å². The molecular formula is C30H46O4. The SMILES string of the molecule is CC1(C)[C@@H](O)CC[C@@]2(C)[C@H]3C(=O)C=C4[C@H]5C[C@@](C)(C(=O)O)CC[C@]5(C)CC[C@]4(C)[C@]3(C)CC[C@@H]12. The Morgan fingerprint density at radius 3 is 2.21 bits per heavy atom. The van der Waals surface area contributed by atoms with Gasteiger partial charge in [0.05, 0.1) is 11.5 Å². The number of fused-ring (bicyclic) bond motifs is 7. The molecule has 0 amide bonds. The van der Waals surface area contributed by atoms with Crippen molar-refractivity contribution in [1.29, 1.82) is 0 Å². The molecule has 190 valence electrons. The Balaban J connectivity index is 1.62. The summed E-state index contributed by atoms with van der Waals surface area (Å²) in [6.07, 6.45) is 9.95. The molecule has 0 unspecified atom stereocenters. The maximum atomic E-state index is 14.2. The van der Waals surface area contributed by atoms with Crippen LogP contribution in [-0.2, 0) is 9.59 Å². The van der Waals surface area contributed by atoms with Gasteiger partial charge in [-0.1, -0.05) is 47.1 Å². The molecule has 5 aliphatic carbocycles. The first kappa shape index (κ1) is 24.5. The lowest BCUT2D eigenvalue weighted by atomic mass is 9.33. The molecule has 0 heterocycles. The topological polar surface area (TPSA) is 74.6 Å². The third kappa shape index (κ3) is 2.81. The lowest BCUT2D eigenvalue weighted by Crippen LogP contribution is -2.66. The van der Waals surface area contributed by atoms with Crippen LogP contribution in [0.4, 0.5) is 0 Å². The van der Waals surface area contributed by atoms with Crippen LogP contribution in [0.5, 0.6) is 0 Å². The van der Waals surface area contributed by atoms with E-state index in [4.69, 9.17) is 0 Å². The number of carboxylic acids is 1. The number of aliphatic carboxylic acids is 1. The van der Waals surface area contributed by atoms with E-state index in [1.807, 2.05) is 13.0 Å². The molecule has 0 aromatic heterocycles. The van der Waals surface area contributed by atoms with Gasteiger partial charge in [0.25, 0.3) is 0 Å². The van der Waals surface area contributed by atoms with E-state index < -0.39 is 11.4 Å². The molecule has 2 N–H and O–H groups in total. The van der Waals surface area contributed by atoms with Crippen molar-refractivity contribution in [2.75, 3.05) is 0 Å². The van der Waals surface area contributed by atoms with E-state index in [0.717, 1.165) is 51.4 Å². The molecule has 4 fully saturated rings. The zero-order valence-electron chi connectivity index (χ0n) is 22.5. The monoisotopic (exact) mass is 470 g/mol. The third-order valence-electron chi connectivity index (χ3n) is 13.1. The Hall–Kier alpha value is -1.16. The Morgan fingerprint density at radius 1 is 0.912 bits per heavy atom. The van der Waals surface area contributed by atoms with Crippen LogP contribution >= 0.6 is 0 Å². The van der Waals surface area contributed by atoms with Crippen molar-refractivity contribution in [2.24, 2.45) is 50.2 Å². The highest BCUT2D eigenvalue weighted by Gasteiger charge is 2.70. The van der Waals surface area contributed by atoms with E-state index in [2.05, 4.69) is 41.5 Å². The predicted octanol–water partition coefficient (Wildman–Crippen LogP) is 6.41. The zero-order valence-corrected chi connectivity index (χ0v) is 22.5. The minimum absolute atomic E-state index is 0.0296. The average molecular weight is 471 g/mol. The van der Waals surface area contributed by atoms with Crippen LogP contribution in [0.3, 0.4) is 0 Å². The van der Waals surface area contributed by atoms with Gasteiger partial charge in [-0.15, -0.1) is 0 Å². The summed E-state index contributed by atoms with van der Waals surface area (Å²) in [5.41, 5.74) is 0.142. The fourth-order valence-corrected chi connectivity index (χ4v) is 10.4. The Morgan fingerprint density at radius 2 is 1.56 bits per heavy atom. The van der Waals surface area contributed by atoms with Crippen molar-refractivity contribution >= 4 is 11.8 Å². The van der Waals surface area contributed by atoms with Crippen molar-refractivity contribution in [1.82, 2.24) is 0 Å². The van der Waals surface area contributed by atoms with Gasteiger partial charge in [0.1, 0.15) is 0 Å². The first-order valence-electron chi connectivity index (χ1n) is 13.7. The standard InChI is InChI=1S/C30H46O4/c1-25(2)21-8-11-30(7)23(28(21,5)10-9-22(25)32)20(31)16-18-19-17-27(4,24(33)34)13-12-26(19,3)14-15-29(18,30)6/h16,19,21-23,32H,8-15,17H2,1-7H3,(H,33,34)/t19-,21+,22+,23-,26-,27+,28-,29+,30-/m1/s1. The van der Waals surface area contributed by atoms with Gasteiger partial charge in [0, 0.05) is 5.92 Å². The van der Waals surface area contributed by atoms with Crippen LogP contribution in [0.1, 0.15) is 106 Å². The van der Waals surface area contributed by atoms with Crippen LogP contribution in [0.25, 0.3) is 0 Å². The van der Waals surface area contributed by atoms with Crippen LogP contribution < -0.4 is 0 Å². The minimum atomic E-state index is -0.711. The molecule has 4 nitrogen and oxygen atoms in total. The van der Waals surface area contributed by atoms with Crippen molar-refractivity contribution in [3.05, 3.63) is 11.6 Å². The molecular weight excluding hydrogens is 424 g/mol. The normalized spacial score (nSPS) is 54.1. The van der Waals surface area contributed by atoms with Gasteiger partial charge in [-0.2, -0.15) is 0 Å². The first-order chi connectivity index (χ1) is 15.6. The molecule has 5 aliphatic rings. The largest absolute Gasteiger partial charge is 0.481 e. The van der Waals surface area contributed by atoms with Gasteiger partial charge >= 0.3 is 5.97 Å². The van der Waals surface area contributed by atoms with E-state index in [9.17, 15) is 19.8 Å². The number of ketones is 1. The Bertz CT molecular complexity index is 965. The summed E-state index contributed by atoms with van der Waals surface area (Å²) >= 11 is 0. The smallest absolute Gasteiger partial charge is 0.309 e. The number of rotatable bonds is 1. The predicted molar refractivity (Wildman–Crippen MR) is 133 cm³/mol. The van der Waals surface area contributed by atoms with Gasteiger partial charge in [0.15, 0.2) is 5.78 Å². The second-order valence-electron chi connectivity index (χ2n) is 14.9. The number of aliphatic hydroxyl groups excluding tert-OH is 1. The quantitative estimate of drug-likeness (QED) is 0.464. The van der Waals surface area contributed by atoms with Crippen LogP contribution in [0.15, 0.2) is 11.6 Å². The third-order valence-corrected chi connectivity index (χ3v) is 13.1. The number of carboxylic acid groups (broad SMARTS) is 1. The highest BCUT2D eigenvalue weighted by molar-refractivity contribution is 5.95. The molecule has 0 radical (unpaired) electrons. The highest BCUT2D eigenvalue weighted by atomic mass is 16.4. The van der Waals surface area contributed by atoms with Crippen molar-refractivity contribution in [3.8, 4) is 0 Å². The molecule has 0 spiro atoms. The van der Waals surface area contributed by atoms with E-state index in [-0.39, 0.29) is 50.8 Å². The summed E-state index contributed by atoms with van der Waals surface area (Å²) in [6.45, 7) is 15.8. The lowest BCUT2D eigenvalue weighted by molar-refractivity contribution is -0.202. The van der Waals surface area contributed by atoms with Crippen molar-refractivity contribution in [2.45, 2.75) is 112 Å². The van der Waals surface area contributed by atoms with Crippen molar-refractivity contribution in [3.63, 3.8) is 0 Å². The molecule has 0 aromatic carbocycles. The van der Waals surface area contributed by atoms with E-state index >= 15 is 0 Å². The van der Waals surface area contributed by atoms with Gasteiger partial charge < -0.3 is 10.2 Å². The van der Waals surface area contributed by atoms with Gasteiger partial charge in [0.2, 0.25) is 0 Å². The summed E-state index contributed by atoms with van der Waals surface area (Å²) < 4.78 is 0. The van der Waals surface area contributed by atoms with Crippen molar-refractivity contribution < 1.29 is 19.8 Å². The van der Waals surface area contributed by atoms with Gasteiger partial charge in [-0.05, 0) is 110 Å². The number of aliphatic hydroxyl groups is 1. The maximum absolute atomic E-state index is 14.2. The number of hydrogen-bond acceptors (Lipinski definition) is 3. The number of hydrogen-bond donors (Lipinski definition) is 2. The molecule has 4 saturated carbocycles. The molecule has 0 saturated heterocycles. The lowest BCUT2D eigenvalue weighted by Gasteiger charge is -2.70. The fraction of sp³-hybridized carbons (Fsp3) is 0.867. The second kappa shape index (κ2) is 6.99. The maximum Gasteiger partial charge on any atom is 0.309 e. The molecule has 5 rings (SSSR count). The second-order valence-corrected chi connectivity index (χ2v) is 14.9. The van der Waals surface area contributed by atoms with Crippen LogP contribution in [0, 0.1) is 50.2 Å². The highest BCUT2D eigenvalue weighted by Crippen LogP contribution is 2.75. The van der Waals surface area contributed by atoms with E-state index in [0.29, 0.717) is 12.3 Å². The molecule has 4 heteroatoms. The van der Waals surface area contributed by atoms with Gasteiger partial charge in [-0.25, -0.2) is 0 Å².